The average molecular weight is 462 g/mol. The van der Waals surface area contributed by atoms with Gasteiger partial charge in [-0.3, -0.25) is 9.97 Å². The van der Waals surface area contributed by atoms with Crippen LogP contribution in [0.15, 0.2) is 85.5 Å². The fraction of sp³-hybridized carbons (Fsp3) is 0.125. The van der Waals surface area contributed by atoms with E-state index < -0.39 is 0 Å². The van der Waals surface area contributed by atoms with Gasteiger partial charge in [0.2, 0.25) is 0 Å². The Morgan fingerprint density at radius 1 is 1.03 bits per heavy atom. The van der Waals surface area contributed by atoms with E-state index in [1.165, 1.54) is 0 Å². The Morgan fingerprint density at radius 3 is 2.66 bits per heavy atom. The first-order valence-corrected chi connectivity index (χ1v) is 10.9. The fourth-order valence-electron chi connectivity index (χ4n) is 4.11. The number of nitrogens with one attached hydrogen (secondary N) is 1. The Bertz CT molecular complexity index is 1250. The molecule has 160 valence electrons. The predicted octanol–water partition coefficient (Wildman–Crippen LogP) is 5.11. The van der Waals surface area contributed by atoms with Crippen molar-refractivity contribution in [3.05, 3.63) is 102 Å². The van der Waals surface area contributed by atoms with E-state index in [4.69, 9.17) is 28.6 Å². The van der Waals surface area contributed by atoms with Crippen molar-refractivity contribution in [2.45, 2.75) is 12.1 Å². The van der Waals surface area contributed by atoms with Gasteiger partial charge in [0, 0.05) is 30.0 Å². The SMILES string of the molecule is COc1ccc(N2C(=S)N[C@H](c3ccccn3)[C@@H]2c2cccn2-c2cccnc2)cc1Cl. The molecule has 0 saturated carbocycles. The number of benzene rings is 1. The maximum absolute atomic E-state index is 6.47. The summed E-state index contributed by atoms with van der Waals surface area (Å²) in [5.74, 6) is 0.616. The summed E-state index contributed by atoms with van der Waals surface area (Å²) in [6.07, 6.45) is 7.43. The van der Waals surface area contributed by atoms with Gasteiger partial charge in [-0.15, -0.1) is 0 Å². The van der Waals surface area contributed by atoms with Gasteiger partial charge in [0.1, 0.15) is 11.8 Å². The van der Waals surface area contributed by atoms with E-state index in [9.17, 15) is 0 Å². The minimum atomic E-state index is -0.169. The van der Waals surface area contributed by atoms with Crippen molar-refractivity contribution in [2.75, 3.05) is 12.0 Å². The van der Waals surface area contributed by atoms with Crippen LogP contribution in [0, 0.1) is 0 Å². The topological polar surface area (TPSA) is 55.2 Å². The zero-order valence-electron chi connectivity index (χ0n) is 17.2. The molecule has 1 fully saturated rings. The Hall–Kier alpha value is -3.42. The van der Waals surface area contributed by atoms with Crippen molar-refractivity contribution in [1.29, 1.82) is 0 Å². The number of thiocarbonyl (C=S) groups is 1. The zero-order valence-corrected chi connectivity index (χ0v) is 18.8. The summed E-state index contributed by atoms with van der Waals surface area (Å²) < 4.78 is 7.46. The molecule has 1 aromatic carbocycles. The second-order valence-corrected chi connectivity index (χ2v) is 8.12. The van der Waals surface area contributed by atoms with Crippen LogP contribution < -0.4 is 15.0 Å². The van der Waals surface area contributed by atoms with Crippen LogP contribution in [0.4, 0.5) is 5.69 Å². The summed E-state index contributed by atoms with van der Waals surface area (Å²) in [7, 11) is 1.60. The number of rotatable bonds is 5. The Morgan fingerprint density at radius 2 is 1.94 bits per heavy atom. The van der Waals surface area contributed by atoms with Crippen LogP contribution in [0.25, 0.3) is 5.69 Å². The molecule has 0 spiro atoms. The van der Waals surface area contributed by atoms with Crippen LogP contribution in [0.3, 0.4) is 0 Å². The molecule has 5 rings (SSSR count). The Kier molecular flexibility index (Phi) is 5.51. The molecule has 1 N–H and O–H groups in total. The van der Waals surface area contributed by atoms with Crippen molar-refractivity contribution >= 4 is 34.6 Å². The number of aromatic nitrogens is 3. The zero-order chi connectivity index (χ0) is 22.1. The molecule has 4 heterocycles. The smallest absolute Gasteiger partial charge is 0.174 e. The largest absolute Gasteiger partial charge is 0.495 e. The van der Waals surface area contributed by atoms with Gasteiger partial charge in [0.15, 0.2) is 5.11 Å². The molecule has 0 bridgehead atoms. The van der Waals surface area contributed by atoms with Crippen LogP contribution in [-0.4, -0.2) is 26.8 Å². The molecule has 4 aromatic rings. The highest BCUT2D eigenvalue weighted by molar-refractivity contribution is 7.80. The van der Waals surface area contributed by atoms with Crippen LogP contribution in [-0.2, 0) is 0 Å². The second-order valence-electron chi connectivity index (χ2n) is 7.33. The first-order chi connectivity index (χ1) is 15.7. The third-order valence-corrected chi connectivity index (χ3v) is 6.13. The van der Waals surface area contributed by atoms with E-state index in [1.54, 1.807) is 19.5 Å². The number of methoxy groups -OCH3 is 1. The van der Waals surface area contributed by atoms with Crippen LogP contribution in [0.2, 0.25) is 5.02 Å². The number of halogens is 1. The molecule has 6 nitrogen and oxygen atoms in total. The van der Waals surface area contributed by atoms with Crippen LogP contribution >= 0.6 is 23.8 Å². The average Bonchev–Trinajstić information content (AvgIpc) is 3.44. The Labute approximate surface area is 196 Å². The van der Waals surface area contributed by atoms with E-state index in [1.807, 2.05) is 67.0 Å². The highest BCUT2D eigenvalue weighted by Gasteiger charge is 2.42. The van der Waals surface area contributed by atoms with Gasteiger partial charge in [0.05, 0.1) is 35.8 Å². The molecule has 0 radical (unpaired) electrons. The second kappa shape index (κ2) is 8.61. The Balaban J connectivity index is 1.66. The minimum Gasteiger partial charge on any atom is -0.495 e. The maximum atomic E-state index is 6.47. The van der Waals surface area contributed by atoms with Gasteiger partial charge < -0.3 is 19.5 Å². The first kappa shape index (κ1) is 20.5. The van der Waals surface area contributed by atoms with E-state index >= 15 is 0 Å². The third kappa shape index (κ3) is 3.59. The normalized spacial score (nSPS) is 17.9. The monoisotopic (exact) mass is 461 g/mol. The predicted molar refractivity (Wildman–Crippen MR) is 129 cm³/mol. The van der Waals surface area contributed by atoms with Gasteiger partial charge in [-0.25, -0.2) is 0 Å². The molecule has 0 aliphatic carbocycles. The molecule has 0 unspecified atom stereocenters. The highest BCUT2D eigenvalue weighted by atomic mass is 35.5. The standard InChI is InChI=1S/C24H20ClN5OS/c1-31-21-10-9-16(14-18(21)25)30-23(22(28-24(30)32)19-7-2-3-12-27-19)20-8-5-13-29(20)17-6-4-11-26-15-17/h2-15,22-23H,1H3,(H,28,32)/t22-,23+/m1/s1. The fourth-order valence-corrected chi connectivity index (χ4v) is 4.70. The minimum absolute atomic E-state index is 0.158. The van der Waals surface area contributed by atoms with Crippen molar-refractivity contribution in [2.24, 2.45) is 0 Å². The molecule has 0 amide bonds. The molecule has 3 aromatic heterocycles. The summed E-state index contributed by atoms with van der Waals surface area (Å²) >= 11 is 12.3. The first-order valence-electron chi connectivity index (χ1n) is 10.1. The number of hydrogen-bond donors (Lipinski definition) is 1. The van der Waals surface area contributed by atoms with E-state index in [2.05, 4.69) is 30.8 Å². The quantitative estimate of drug-likeness (QED) is 0.417. The van der Waals surface area contributed by atoms with E-state index in [0.717, 1.165) is 22.8 Å². The number of ether oxygens (including phenoxy) is 1. The van der Waals surface area contributed by atoms with Crippen molar-refractivity contribution in [3.8, 4) is 11.4 Å². The lowest BCUT2D eigenvalue weighted by Gasteiger charge is -2.29. The summed E-state index contributed by atoms with van der Waals surface area (Å²) in [6.45, 7) is 0. The molecule has 8 heteroatoms. The van der Waals surface area contributed by atoms with Crippen LogP contribution in [0.1, 0.15) is 23.5 Å². The van der Waals surface area contributed by atoms with E-state index in [-0.39, 0.29) is 12.1 Å². The summed E-state index contributed by atoms with van der Waals surface area (Å²) in [6, 6.07) is 19.3. The summed E-state index contributed by atoms with van der Waals surface area (Å²) in [5.41, 5.74) is 3.79. The molecular formula is C24H20ClN5OS. The highest BCUT2D eigenvalue weighted by Crippen LogP contribution is 2.43. The van der Waals surface area contributed by atoms with Gasteiger partial charge >= 0.3 is 0 Å². The lowest BCUT2D eigenvalue weighted by Crippen LogP contribution is -2.30. The van der Waals surface area contributed by atoms with Crippen molar-refractivity contribution < 1.29 is 4.74 Å². The number of anilines is 1. The van der Waals surface area contributed by atoms with E-state index in [0.29, 0.717) is 15.9 Å². The third-order valence-electron chi connectivity index (χ3n) is 5.52. The summed E-state index contributed by atoms with van der Waals surface area (Å²) in [4.78, 5) is 11.0. The van der Waals surface area contributed by atoms with Gasteiger partial charge in [-0.1, -0.05) is 17.7 Å². The molecule has 1 aliphatic heterocycles. The van der Waals surface area contributed by atoms with Crippen molar-refractivity contribution in [1.82, 2.24) is 19.9 Å². The maximum Gasteiger partial charge on any atom is 0.174 e. The van der Waals surface area contributed by atoms with Gasteiger partial charge in [-0.2, -0.15) is 0 Å². The number of hydrogen-bond acceptors (Lipinski definition) is 4. The molecule has 32 heavy (non-hydrogen) atoms. The lowest BCUT2D eigenvalue weighted by molar-refractivity contribution is 0.415. The van der Waals surface area contributed by atoms with Crippen molar-refractivity contribution in [3.63, 3.8) is 0 Å². The molecule has 1 aliphatic rings. The number of pyridine rings is 2. The summed E-state index contributed by atoms with van der Waals surface area (Å²) in [5, 5.41) is 4.60. The molecule has 2 atom stereocenters. The molecule has 1 saturated heterocycles. The molecular weight excluding hydrogens is 442 g/mol. The van der Waals surface area contributed by atoms with Gasteiger partial charge in [-0.05, 0) is 66.8 Å². The van der Waals surface area contributed by atoms with Crippen LogP contribution in [0.5, 0.6) is 5.75 Å². The lowest BCUT2D eigenvalue weighted by atomic mass is 10.0. The number of nitrogens with zero attached hydrogens (tertiary/aromatic N) is 4. The van der Waals surface area contributed by atoms with Gasteiger partial charge in [0.25, 0.3) is 0 Å².